The van der Waals surface area contributed by atoms with E-state index >= 15 is 0 Å². The molecule has 0 aliphatic heterocycles. The van der Waals surface area contributed by atoms with E-state index in [1.54, 1.807) is 5.56 Å². The maximum atomic E-state index is 5.87. The second-order valence-corrected chi connectivity index (χ2v) is 4.65. The van der Waals surface area contributed by atoms with Crippen molar-refractivity contribution in [3.8, 4) is 0 Å². The summed E-state index contributed by atoms with van der Waals surface area (Å²) in [5.74, 6) is 0. The monoisotopic (exact) mass is 203 g/mol. The highest BCUT2D eigenvalue weighted by atomic mass is 35.5. The Balaban J connectivity index is 0.000000720. The molecule has 1 nitrogen and oxygen atoms in total. The number of halogens is 1. The van der Waals surface area contributed by atoms with Crippen LogP contribution < -0.4 is 5.73 Å². The summed E-state index contributed by atoms with van der Waals surface area (Å²) in [4.78, 5) is 2.96. The smallest absolute Gasteiger partial charge is 0.00954 e. The predicted molar refractivity (Wildman–Crippen MR) is 56.3 cm³/mol. The van der Waals surface area contributed by atoms with E-state index < -0.39 is 0 Å². The third-order valence-electron chi connectivity index (χ3n) is 2.25. The molecule has 12 heavy (non-hydrogen) atoms. The first kappa shape index (κ1) is 10.0. The molecule has 0 radical (unpaired) electrons. The van der Waals surface area contributed by atoms with Gasteiger partial charge in [-0.3, -0.25) is 0 Å². The highest BCUT2D eigenvalue weighted by Crippen LogP contribution is 2.28. The largest absolute Gasteiger partial charge is 0.327 e. The predicted octanol–water partition coefficient (Wildman–Crippen LogP) is 2.29. The number of aryl methyl sites for hydroxylation is 2. The molecule has 1 aromatic heterocycles. The molecule has 2 N–H and O–H groups in total. The lowest BCUT2D eigenvalue weighted by Gasteiger charge is -2.17. The van der Waals surface area contributed by atoms with Crippen molar-refractivity contribution in [2.45, 2.75) is 32.2 Å². The van der Waals surface area contributed by atoms with Crippen LogP contribution in [0.15, 0.2) is 6.07 Å². The van der Waals surface area contributed by atoms with E-state index in [1.165, 1.54) is 22.6 Å². The van der Waals surface area contributed by atoms with Gasteiger partial charge in [0.05, 0.1) is 0 Å². The topological polar surface area (TPSA) is 26.0 Å². The number of hydrogen-bond donors (Lipinski definition) is 1. The quantitative estimate of drug-likeness (QED) is 0.688. The van der Waals surface area contributed by atoms with E-state index in [4.69, 9.17) is 5.73 Å². The molecule has 0 fully saturated rings. The fourth-order valence-corrected chi connectivity index (χ4v) is 2.86. The van der Waals surface area contributed by atoms with Crippen molar-refractivity contribution in [2.75, 3.05) is 0 Å². The van der Waals surface area contributed by atoms with Crippen LogP contribution in [-0.2, 0) is 12.8 Å². The first-order valence-electron chi connectivity index (χ1n) is 4.09. The lowest BCUT2D eigenvalue weighted by atomic mass is 9.95. The van der Waals surface area contributed by atoms with E-state index in [9.17, 15) is 0 Å². The molecule has 1 aliphatic rings. The molecule has 3 heteroatoms. The molecule has 1 unspecified atom stereocenters. The molecule has 1 aliphatic carbocycles. The zero-order valence-electron chi connectivity index (χ0n) is 7.17. The first-order chi connectivity index (χ1) is 5.25. The average molecular weight is 204 g/mol. The van der Waals surface area contributed by atoms with Crippen LogP contribution >= 0.6 is 23.7 Å². The van der Waals surface area contributed by atoms with Crippen LogP contribution in [0.2, 0.25) is 0 Å². The average Bonchev–Trinajstić information content (AvgIpc) is 2.27. The number of rotatable bonds is 0. The summed E-state index contributed by atoms with van der Waals surface area (Å²) in [6.45, 7) is 2.18. The van der Waals surface area contributed by atoms with Gasteiger partial charge in [-0.1, -0.05) is 0 Å². The second-order valence-electron chi connectivity index (χ2n) is 3.31. The lowest BCUT2D eigenvalue weighted by Crippen LogP contribution is -2.26. The van der Waals surface area contributed by atoms with Gasteiger partial charge in [-0.05, 0) is 37.8 Å². The minimum absolute atomic E-state index is 0. The molecule has 68 valence electrons. The maximum absolute atomic E-state index is 5.87. The van der Waals surface area contributed by atoms with Crippen molar-refractivity contribution >= 4 is 23.7 Å². The first-order valence-corrected chi connectivity index (χ1v) is 4.91. The van der Waals surface area contributed by atoms with Crippen molar-refractivity contribution in [3.05, 3.63) is 21.4 Å². The standard InChI is InChI=1S/C9H13NS.ClH/c1-6-4-7-2-3-8(10)5-9(7)11-6;/h4,8H,2-3,5,10H2,1H3;1H. The van der Waals surface area contributed by atoms with E-state index in [-0.39, 0.29) is 12.4 Å². The highest BCUT2D eigenvalue weighted by Gasteiger charge is 2.16. The maximum Gasteiger partial charge on any atom is 0.00954 e. The SMILES string of the molecule is Cc1cc2c(s1)CC(N)CC2.Cl. The highest BCUT2D eigenvalue weighted by molar-refractivity contribution is 7.12. The Morgan fingerprint density at radius 3 is 3.08 bits per heavy atom. The van der Waals surface area contributed by atoms with Gasteiger partial charge in [0.15, 0.2) is 0 Å². The van der Waals surface area contributed by atoms with Crippen LogP contribution in [0, 0.1) is 6.92 Å². The Kier molecular flexibility index (Phi) is 3.16. The fourth-order valence-electron chi connectivity index (χ4n) is 1.68. The molecule has 0 spiro atoms. The molecule has 1 atom stereocenters. The number of thiophene rings is 1. The number of nitrogens with two attached hydrogens (primary N) is 1. The molecular weight excluding hydrogens is 190 g/mol. The molecule has 1 heterocycles. The summed E-state index contributed by atoms with van der Waals surface area (Å²) in [6, 6.07) is 2.73. The third kappa shape index (κ3) is 1.82. The molecule has 1 aromatic rings. The summed E-state index contributed by atoms with van der Waals surface area (Å²) in [7, 11) is 0. The Bertz CT molecular complexity index is 269. The lowest BCUT2D eigenvalue weighted by molar-refractivity contribution is 0.584. The Hall–Kier alpha value is -0.0500. The molecular formula is C9H14ClNS. The fraction of sp³-hybridized carbons (Fsp3) is 0.556. The van der Waals surface area contributed by atoms with Crippen LogP contribution in [0.5, 0.6) is 0 Å². The van der Waals surface area contributed by atoms with Gasteiger partial charge in [0.1, 0.15) is 0 Å². The Morgan fingerprint density at radius 2 is 2.33 bits per heavy atom. The van der Waals surface area contributed by atoms with E-state index in [0.29, 0.717) is 6.04 Å². The molecule has 0 bridgehead atoms. The molecule has 0 saturated carbocycles. The summed E-state index contributed by atoms with van der Waals surface area (Å²) < 4.78 is 0. The number of hydrogen-bond acceptors (Lipinski definition) is 2. The van der Waals surface area contributed by atoms with Gasteiger partial charge >= 0.3 is 0 Å². The van der Waals surface area contributed by atoms with Crippen LogP contribution in [0.1, 0.15) is 21.7 Å². The minimum Gasteiger partial charge on any atom is -0.327 e. The zero-order valence-corrected chi connectivity index (χ0v) is 8.80. The molecule has 2 rings (SSSR count). The van der Waals surface area contributed by atoms with Gasteiger partial charge < -0.3 is 5.73 Å². The van der Waals surface area contributed by atoms with Gasteiger partial charge in [-0.15, -0.1) is 23.7 Å². The van der Waals surface area contributed by atoms with Crippen LogP contribution in [-0.4, -0.2) is 6.04 Å². The normalized spacial score (nSPS) is 21.3. The van der Waals surface area contributed by atoms with Gasteiger partial charge in [-0.2, -0.15) is 0 Å². The third-order valence-corrected chi connectivity index (χ3v) is 3.37. The zero-order chi connectivity index (χ0) is 7.84. The summed E-state index contributed by atoms with van der Waals surface area (Å²) in [5.41, 5.74) is 7.42. The van der Waals surface area contributed by atoms with E-state index in [2.05, 4.69) is 13.0 Å². The van der Waals surface area contributed by atoms with E-state index in [0.717, 1.165) is 6.42 Å². The summed E-state index contributed by atoms with van der Waals surface area (Å²) in [6.07, 6.45) is 3.47. The van der Waals surface area contributed by atoms with Crippen molar-refractivity contribution in [1.82, 2.24) is 0 Å². The van der Waals surface area contributed by atoms with Crippen LogP contribution in [0.25, 0.3) is 0 Å². The Morgan fingerprint density at radius 1 is 1.58 bits per heavy atom. The Labute approximate surface area is 83.4 Å². The van der Waals surface area contributed by atoms with E-state index in [1.807, 2.05) is 11.3 Å². The number of fused-ring (bicyclic) bond motifs is 1. The van der Waals surface area contributed by atoms with Gasteiger partial charge in [-0.25, -0.2) is 0 Å². The van der Waals surface area contributed by atoms with Gasteiger partial charge in [0.2, 0.25) is 0 Å². The van der Waals surface area contributed by atoms with Gasteiger partial charge in [0, 0.05) is 15.8 Å². The summed E-state index contributed by atoms with van der Waals surface area (Å²) in [5, 5.41) is 0. The van der Waals surface area contributed by atoms with Crippen molar-refractivity contribution < 1.29 is 0 Å². The molecule has 0 aromatic carbocycles. The molecule has 0 saturated heterocycles. The van der Waals surface area contributed by atoms with Crippen molar-refractivity contribution in [2.24, 2.45) is 5.73 Å². The van der Waals surface area contributed by atoms with Gasteiger partial charge in [0.25, 0.3) is 0 Å². The second kappa shape index (κ2) is 3.77. The van der Waals surface area contributed by atoms with Crippen molar-refractivity contribution in [3.63, 3.8) is 0 Å². The van der Waals surface area contributed by atoms with Crippen molar-refractivity contribution in [1.29, 1.82) is 0 Å². The minimum atomic E-state index is 0. The van der Waals surface area contributed by atoms with Crippen LogP contribution in [0.3, 0.4) is 0 Å². The van der Waals surface area contributed by atoms with Crippen LogP contribution in [0.4, 0.5) is 0 Å². The summed E-state index contributed by atoms with van der Waals surface area (Å²) >= 11 is 1.91. The molecule has 0 amide bonds.